The lowest BCUT2D eigenvalue weighted by Gasteiger charge is -2.08. The fourth-order valence-corrected chi connectivity index (χ4v) is 2.86. The van der Waals surface area contributed by atoms with Gasteiger partial charge in [-0.3, -0.25) is 9.78 Å². The van der Waals surface area contributed by atoms with E-state index in [-0.39, 0.29) is 15.7 Å². The first kappa shape index (κ1) is 15.5. The maximum absolute atomic E-state index is 12.3. The van der Waals surface area contributed by atoms with E-state index in [1.807, 2.05) is 0 Å². The number of hydrogen-bond donors (Lipinski definition) is 1. The Hall–Kier alpha value is -1.86. The smallest absolute Gasteiger partial charge is 0.297 e. The molecule has 112 valence electrons. The van der Waals surface area contributed by atoms with Gasteiger partial charge in [-0.1, -0.05) is 18.5 Å². The highest BCUT2D eigenvalue weighted by Crippen LogP contribution is 2.13. The molecule has 0 spiro atoms. The third-order valence-electron chi connectivity index (χ3n) is 3.02. The summed E-state index contributed by atoms with van der Waals surface area (Å²) in [5, 5.41) is 0.0245. The predicted octanol–water partition coefficient (Wildman–Crippen LogP) is 1.15. The van der Waals surface area contributed by atoms with Crippen LogP contribution in [-0.2, 0) is 16.3 Å². The summed E-state index contributed by atoms with van der Waals surface area (Å²) in [6.45, 7) is 1.75. The quantitative estimate of drug-likeness (QED) is 0.856. The Labute approximate surface area is 125 Å². The van der Waals surface area contributed by atoms with E-state index in [2.05, 4.69) is 4.98 Å². The van der Waals surface area contributed by atoms with Crippen LogP contribution in [0.15, 0.2) is 38.8 Å². The number of nitrogens with one attached hydrogen (secondary N) is 1. The summed E-state index contributed by atoms with van der Waals surface area (Å²) in [5.74, 6) is 0. The lowest BCUT2D eigenvalue weighted by atomic mass is 10.2. The van der Waals surface area contributed by atoms with Gasteiger partial charge < -0.3 is 0 Å². The molecule has 1 N–H and O–H groups in total. The van der Waals surface area contributed by atoms with Gasteiger partial charge in [0, 0.05) is 6.26 Å². The number of aromatic amines is 1. The zero-order valence-corrected chi connectivity index (χ0v) is 13.0. The molecule has 0 bridgehead atoms. The molecule has 0 aliphatic heterocycles. The van der Waals surface area contributed by atoms with E-state index in [9.17, 15) is 18.0 Å². The zero-order valence-electron chi connectivity index (χ0n) is 11.4. The van der Waals surface area contributed by atoms with Crippen LogP contribution in [0.25, 0.3) is 5.69 Å². The number of halogens is 1. The molecular weight excluding hydrogens is 316 g/mol. The normalized spacial score (nSPS) is 11.6. The van der Waals surface area contributed by atoms with Gasteiger partial charge in [0.15, 0.2) is 9.84 Å². The molecular formula is C13H13ClN2O4S. The summed E-state index contributed by atoms with van der Waals surface area (Å²) in [7, 11) is -3.34. The first-order valence-electron chi connectivity index (χ1n) is 6.10. The van der Waals surface area contributed by atoms with Crippen LogP contribution in [0, 0.1) is 0 Å². The van der Waals surface area contributed by atoms with Gasteiger partial charge in [0.2, 0.25) is 0 Å². The minimum atomic E-state index is -3.34. The Bertz CT molecular complexity index is 895. The summed E-state index contributed by atoms with van der Waals surface area (Å²) >= 11 is 5.83. The molecule has 0 fully saturated rings. The molecule has 0 amide bonds. The number of benzene rings is 1. The number of sulfone groups is 1. The Kier molecular flexibility index (Phi) is 4.06. The molecule has 2 aromatic rings. The van der Waals surface area contributed by atoms with Crippen LogP contribution in [0.1, 0.15) is 12.5 Å². The second-order valence-electron chi connectivity index (χ2n) is 4.48. The molecule has 21 heavy (non-hydrogen) atoms. The molecule has 0 saturated heterocycles. The molecule has 2 rings (SSSR count). The highest BCUT2D eigenvalue weighted by molar-refractivity contribution is 7.90. The average molecular weight is 329 g/mol. The zero-order chi connectivity index (χ0) is 15.8. The minimum Gasteiger partial charge on any atom is -0.297 e. The van der Waals surface area contributed by atoms with Crippen molar-refractivity contribution >= 4 is 21.4 Å². The molecule has 6 nitrogen and oxygen atoms in total. The Morgan fingerprint density at radius 2 is 1.76 bits per heavy atom. The van der Waals surface area contributed by atoms with E-state index < -0.39 is 21.1 Å². The first-order valence-corrected chi connectivity index (χ1v) is 8.37. The van der Waals surface area contributed by atoms with Crippen LogP contribution in [-0.4, -0.2) is 24.2 Å². The first-order chi connectivity index (χ1) is 9.75. The maximum Gasteiger partial charge on any atom is 0.334 e. The van der Waals surface area contributed by atoms with Crippen LogP contribution in [0.4, 0.5) is 0 Å². The topological polar surface area (TPSA) is 89.0 Å². The van der Waals surface area contributed by atoms with Gasteiger partial charge in [-0.2, -0.15) is 0 Å². The summed E-state index contributed by atoms with van der Waals surface area (Å²) in [4.78, 5) is 26.7. The molecule has 0 aliphatic carbocycles. The van der Waals surface area contributed by atoms with Gasteiger partial charge in [0.05, 0.1) is 16.1 Å². The second kappa shape index (κ2) is 5.50. The predicted molar refractivity (Wildman–Crippen MR) is 80.2 cm³/mol. The molecule has 1 aromatic carbocycles. The largest absolute Gasteiger partial charge is 0.334 e. The van der Waals surface area contributed by atoms with Crippen LogP contribution in [0.3, 0.4) is 0 Å². The highest BCUT2D eigenvalue weighted by Gasteiger charge is 2.13. The number of hydrogen-bond acceptors (Lipinski definition) is 4. The van der Waals surface area contributed by atoms with Crippen molar-refractivity contribution in [3.63, 3.8) is 0 Å². The Morgan fingerprint density at radius 1 is 1.19 bits per heavy atom. The molecule has 1 heterocycles. The van der Waals surface area contributed by atoms with E-state index in [0.29, 0.717) is 12.0 Å². The number of nitrogens with zero attached hydrogens (tertiary/aromatic N) is 1. The minimum absolute atomic E-state index is 0.0245. The lowest BCUT2D eigenvalue weighted by molar-refractivity contribution is 0.602. The molecule has 1 aromatic heterocycles. The Morgan fingerprint density at radius 3 is 2.24 bits per heavy atom. The van der Waals surface area contributed by atoms with Crippen molar-refractivity contribution in [1.82, 2.24) is 9.55 Å². The van der Waals surface area contributed by atoms with Gasteiger partial charge in [0.1, 0.15) is 5.15 Å². The second-order valence-corrected chi connectivity index (χ2v) is 6.88. The molecule has 8 heteroatoms. The summed E-state index contributed by atoms with van der Waals surface area (Å²) in [6.07, 6.45) is 1.45. The summed E-state index contributed by atoms with van der Waals surface area (Å²) in [5.41, 5.74) is -0.615. The van der Waals surface area contributed by atoms with Crippen LogP contribution < -0.4 is 11.2 Å². The van der Waals surface area contributed by atoms with Crippen LogP contribution in [0.5, 0.6) is 0 Å². The average Bonchev–Trinajstić information content (AvgIpc) is 2.38. The van der Waals surface area contributed by atoms with Crippen molar-refractivity contribution in [3.05, 3.63) is 55.8 Å². The monoisotopic (exact) mass is 328 g/mol. The van der Waals surface area contributed by atoms with Crippen LogP contribution in [0.2, 0.25) is 5.15 Å². The van der Waals surface area contributed by atoms with E-state index in [1.54, 1.807) is 6.92 Å². The lowest BCUT2D eigenvalue weighted by Crippen LogP contribution is -2.36. The molecule has 0 saturated carbocycles. The van der Waals surface area contributed by atoms with E-state index in [1.165, 1.54) is 24.3 Å². The van der Waals surface area contributed by atoms with Crippen molar-refractivity contribution < 1.29 is 8.42 Å². The molecule has 0 atom stereocenters. The van der Waals surface area contributed by atoms with E-state index in [4.69, 9.17) is 11.6 Å². The number of aromatic nitrogens is 2. The molecule has 0 radical (unpaired) electrons. The van der Waals surface area contributed by atoms with Crippen molar-refractivity contribution in [1.29, 1.82) is 0 Å². The number of rotatable bonds is 3. The van der Waals surface area contributed by atoms with Gasteiger partial charge in [-0.15, -0.1) is 0 Å². The standard InChI is InChI=1S/C13H13ClN2O4S/c1-3-10-11(14)15-13(18)16(12(10)17)8-4-6-9(7-5-8)21(2,19)20/h4-7H,3H2,1-2H3,(H,15,18). The van der Waals surface area contributed by atoms with Gasteiger partial charge in [0.25, 0.3) is 5.56 Å². The number of H-pyrrole nitrogens is 1. The molecule has 0 aliphatic rings. The highest BCUT2D eigenvalue weighted by atomic mass is 35.5. The van der Waals surface area contributed by atoms with Crippen molar-refractivity contribution in [3.8, 4) is 5.69 Å². The van der Waals surface area contributed by atoms with E-state index in [0.717, 1.165) is 10.8 Å². The van der Waals surface area contributed by atoms with Crippen molar-refractivity contribution in [2.75, 3.05) is 6.26 Å². The van der Waals surface area contributed by atoms with Crippen LogP contribution >= 0.6 is 11.6 Å². The maximum atomic E-state index is 12.3. The van der Waals surface area contributed by atoms with Crippen molar-refractivity contribution in [2.45, 2.75) is 18.2 Å². The molecule has 0 unspecified atom stereocenters. The fraction of sp³-hybridized carbons (Fsp3) is 0.231. The van der Waals surface area contributed by atoms with Gasteiger partial charge in [-0.25, -0.2) is 17.8 Å². The summed E-state index contributed by atoms with van der Waals surface area (Å²) < 4.78 is 23.7. The summed E-state index contributed by atoms with van der Waals surface area (Å²) in [6, 6.07) is 5.49. The Balaban J connectivity index is 2.69. The van der Waals surface area contributed by atoms with Gasteiger partial charge >= 0.3 is 5.69 Å². The fourth-order valence-electron chi connectivity index (χ4n) is 1.93. The van der Waals surface area contributed by atoms with Gasteiger partial charge in [-0.05, 0) is 30.7 Å². The third kappa shape index (κ3) is 2.93. The SMILES string of the molecule is CCc1c(Cl)[nH]c(=O)n(-c2ccc(S(C)(=O)=O)cc2)c1=O. The third-order valence-corrected chi connectivity index (χ3v) is 4.47. The van der Waals surface area contributed by atoms with E-state index >= 15 is 0 Å². The van der Waals surface area contributed by atoms with Crippen molar-refractivity contribution in [2.24, 2.45) is 0 Å².